The first-order valence-corrected chi connectivity index (χ1v) is 7.87. The largest absolute Gasteiger partial charge is 0.343 e. The number of amides is 1. The molecule has 2 rings (SSSR count). The number of hydrogen-bond donors (Lipinski definition) is 0. The normalized spacial score (nSPS) is 24.7. The molecule has 0 atom stereocenters. The highest BCUT2D eigenvalue weighted by atomic mass is 16.2. The predicted octanol–water partition coefficient (Wildman–Crippen LogP) is 2.76. The van der Waals surface area contributed by atoms with Gasteiger partial charge in [0.2, 0.25) is 5.91 Å². The highest BCUT2D eigenvalue weighted by Gasteiger charge is 2.32. The van der Waals surface area contributed by atoms with Crippen LogP contribution in [0.4, 0.5) is 0 Å². The van der Waals surface area contributed by atoms with Gasteiger partial charge in [-0.1, -0.05) is 20.8 Å². The molecule has 1 amide bonds. The van der Waals surface area contributed by atoms with Crippen molar-refractivity contribution in [2.24, 2.45) is 11.3 Å². The molecule has 2 aliphatic rings. The van der Waals surface area contributed by atoms with Gasteiger partial charge in [-0.25, -0.2) is 0 Å². The average Bonchev–Trinajstić information content (AvgIpc) is 2.38. The molecule has 0 aromatic heterocycles. The Bertz CT molecular complexity index is 305. The summed E-state index contributed by atoms with van der Waals surface area (Å²) in [4.78, 5) is 16.0. The second-order valence-corrected chi connectivity index (χ2v) is 7.41. The number of likely N-dealkylation sites (tertiary alicyclic amines) is 2. The summed E-state index contributed by atoms with van der Waals surface area (Å²) in [5.74, 6) is 1.12. The molecule has 0 unspecified atom stereocenters. The fourth-order valence-corrected chi connectivity index (χ4v) is 3.68. The first kappa shape index (κ1) is 14.8. The van der Waals surface area contributed by atoms with Crippen molar-refractivity contribution in [2.45, 2.75) is 59.4 Å². The van der Waals surface area contributed by atoms with E-state index in [-0.39, 0.29) is 5.91 Å². The lowest BCUT2D eigenvalue weighted by Crippen LogP contribution is -2.49. The van der Waals surface area contributed by atoms with Gasteiger partial charge >= 0.3 is 0 Å². The van der Waals surface area contributed by atoms with Crippen LogP contribution in [0.3, 0.4) is 0 Å². The molecule has 19 heavy (non-hydrogen) atoms. The van der Waals surface area contributed by atoms with Crippen LogP contribution in [0.5, 0.6) is 0 Å². The third-order valence-electron chi connectivity index (χ3n) is 5.18. The fourth-order valence-electron chi connectivity index (χ4n) is 3.68. The van der Waals surface area contributed by atoms with E-state index < -0.39 is 0 Å². The maximum Gasteiger partial charge on any atom is 0.219 e. The van der Waals surface area contributed by atoms with Gasteiger partial charge in [0.1, 0.15) is 0 Å². The molecule has 2 aliphatic heterocycles. The van der Waals surface area contributed by atoms with Crippen molar-refractivity contribution in [2.75, 3.05) is 26.2 Å². The predicted molar refractivity (Wildman–Crippen MR) is 79.0 cm³/mol. The lowest BCUT2D eigenvalue weighted by atomic mass is 9.75. The molecule has 0 N–H and O–H groups in total. The van der Waals surface area contributed by atoms with E-state index in [0.717, 1.165) is 25.0 Å². The molecular weight excluding hydrogens is 236 g/mol. The van der Waals surface area contributed by atoms with Crippen LogP contribution in [-0.4, -0.2) is 47.9 Å². The van der Waals surface area contributed by atoms with E-state index in [1.165, 1.54) is 38.8 Å². The van der Waals surface area contributed by atoms with Crippen LogP contribution in [0, 0.1) is 11.3 Å². The first-order valence-electron chi connectivity index (χ1n) is 7.87. The summed E-state index contributed by atoms with van der Waals surface area (Å²) in [6.07, 6.45) is 5.02. The lowest BCUT2D eigenvalue weighted by molar-refractivity contribution is -0.130. The smallest absolute Gasteiger partial charge is 0.219 e. The standard InChI is InChI=1S/C16H30N2O/c1-13(19)17-11-7-15(8-12-17)18-9-5-14(6-10-18)16(2,3)4/h14-15H,5-12H2,1-4H3. The maximum absolute atomic E-state index is 11.3. The minimum absolute atomic E-state index is 0.241. The van der Waals surface area contributed by atoms with Crippen molar-refractivity contribution < 1.29 is 4.79 Å². The molecule has 0 aromatic carbocycles. The second kappa shape index (κ2) is 5.82. The van der Waals surface area contributed by atoms with Crippen molar-refractivity contribution in [3.8, 4) is 0 Å². The molecule has 2 saturated heterocycles. The molecular formula is C16H30N2O. The maximum atomic E-state index is 11.3. The number of carbonyl (C=O) groups excluding carboxylic acids is 1. The summed E-state index contributed by atoms with van der Waals surface area (Å²) in [5.41, 5.74) is 0.462. The van der Waals surface area contributed by atoms with Crippen molar-refractivity contribution in [3.05, 3.63) is 0 Å². The molecule has 0 aromatic rings. The third-order valence-corrected chi connectivity index (χ3v) is 5.18. The summed E-state index contributed by atoms with van der Waals surface area (Å²) >= 11 is 0. The van der Waals surface area contributed by atoms with Gasteiger partial charge in [-0.15, -0.1) is 0 Å². The van der Waals surface area contributed by atoms with Gasteiger partial charge < -0.3 is 9.80 Å². The van der Waals surface area contributed by atoms with E-state index in [4.69, 9.17) is 0 Å². The van der Waals surface area contributed by atoms with Crippen LogP contribution >= 0.6 is 0 Å². The van der Waals surface area contributed by atoms with Crippen molar-refractivity contribution in [1.29, 1.82) is 0 Å². The highest BCUT2D eigenvalue weighted by Crippen LogP contribution is 2.35. The van der Waals surface area contributed by atoms with Crippen molar-refractivity contribution in [1.82, 2.24) is 9.80 Å². The molecule has 110 valence electrons. The SMILES string of the molecule is CC(=O)N1CCC(N2CCC(C(C)(C)C)CC2)CC1. The van der Waals surface area contributed by atoms with Crippen LogP contribution in [0.15, 0.2) is 0 Å². The van der Waals surface area contributed by atoms with Crippen LogP contribution in [0.2, 0.25) is 0 Å². The summed E-state index contributed by atoms with van der Waals surface area (Å²) in [7, 11) is 0. The van der Waals surface area contributed by atoms with Crippen molar-refractivity contribution in [3.63, 3.8) is 0 Å². The first-order chi connectivity index (χ1) is 8.88. The Hall–Kier alpha value is -0.570. The molecule has 0 saturated carbocycles. The number of rotatable bonds is 1. The Kier molecular flexibility index (Phi) is 4.54. The van der Waals surface area contributed by atoms with E-state index in [2.05, 4.69) is 25.7 Å². The van der Waals surface area contributed by atoms with Crippen LogP contribution in [-0.2, 0) is 4.79 Å². The summed E-state index contributed by atoms with van der Waals surface area (Å²) in [6, 6.07) is 0.719. The molecule has 0 radical (unpaired) electrons. The minimum atomic E-state index is 0.241. The molecule has 2 heterocycles. The zero-order valence-corrected chi connectivity index (χ0v) is 13.1. The van der Waals surface area contributed by atoms with Gasteiger partial charge in [-0.3, -0.25) is 4.79 Å². The van der Waals surface area contributed by atoms with Gasteiger partial charge in [0, 0.05) is 26.1 Å². The Morgan fingerprint density at radius 3 is 1.89 bits per heavy atom. The van der Waals surface area contributed by atoms with E-state index in [1.54, 1.807) is 6.92 Å². The number of hydrogen-bond acceptors (Lipinski definition) is 2. The highest BCUT2D eigenvalue weighted by molar-refractivity contribution is 5.73. The zero-order chi connectivity index (χ0) is 14.0. The van der Waals surface area contributed by atoms with Crippen LogP contribution in [0.25, 0.3) is 0 Å². The summed E-state index contributed by atoms with van der Waals surface area (Å²) < 4.78 is 0. The number of nitrogens with zero attached hydrogens (tertiary/aromatic N) is 2. The van der Waals surface area contributed by atoms with Gasteiger partial charge in [0.05, 0.1) is 0 Å². The average molecular weight is 266 g/mol. The molecule has 3 nitrogen and oxygen atoms in total. The Labute approximate surface area is 118 Å². The molecule has 0 aliphatic carbocycles. The third kappa shape index (κ3) is 3.71. The summed E-state index contributed by atoms with van der Waals surface area (Å²) in [6.45, 7) is 13.2. The molecule has 3 heteroatoms. The van der Waals surface area contributed by atoms with E-state index in [0.29, 0.717) is 5.41 Å². The monoisotopic (exact) mass is 266 g/mol. The molecule has 2 fully saturated rings. The quantitative estimate of drug-likeness (QED) is 0.728. The second-order valence-electron chi connectivity index (χ2n) is 7.41. The zero-order valence-electron chi connectivity index (χ0n) is 13.1. The topological polar surface area (TPSA) is 23.6 Å². The number of carbonyl (C=O) groups is 1. The number of piperidine rings is 2. The Morgan fingerprint density at radius 2 is 1.47 bits per heavy atom. The minimum Gasteiger partial charge on any atom is -0.343 e. The van der Waals surface area contributed by atoms with Crippen LogP contribution < -0.4 is 0 Å². The van der Waals surface area contributed by atoms with Crippen LogP contribution in [0.1, 0.15) is 53.4 Å². The molecule has 0 spiro atoms. The Morgan fingerprint density at radius 1 is 0.947 bits per heavy atom. The van der Waals surface area contributed by atoms with Gasteiger partial charge in [0.25, 0.3) is 0 Å². The fraction of sp³-hybridized carbons (Fsp3) is 0.938. The van der Waals surface area contributed by atoms with E-state index in [9.17, 15) is 4.79 Å². The van der Waals surface area contributed by atoms with Gasteiger partial charge in [-0.2, -0.15) is 0 Å². The van der Waals surface area contributed by atoms with E-state index in [1.807, 2.05) is 4.90 Å². The van der Waals surface area contributed by atoms with E-state index >= 15 is 0 Å². The van der Waals surface area contributed by atoms with Gasteiger partial charge in [0.15, 0.2) is 0 Å². The summed E-state index contributed by atoms with van der Waals surface area (Å²) in [5, 5.41) is 0. The van der Waals surface area contributed by atoms with Gasteiger partial charge in [-0.05, 0) is 50.1 Å². The lowest BCUT2D eigenvalue weighted by Gasteiger charge is -2.44. The van der Waals surface area contributed by atoms with Crippen molar-refractivity contribution >= 4 is 5.91 Å². The molecule has 0 bridgehead atoms. The Balaban J connectivity index is 1.78.